The first-order chi connectivity index (χ1) is 7.11. The number of ether oxygens (including phenoxy) is 2. The highest BCUT2D eigenvalue weighted by Crippen LogP contribution is 2.07. The molecule has 0 saturated heterocycles. The van der Waals surface area contributed by atoms with Crippen molar-refractivity contribution in [2.45, 2.75) is 40.9 Å². The summed E-state index contributed by atoms with van der Waals surface area (Å²) in [6.45, 7) is 13.9. The fourth-order valence-corrected chi connectivity index (χ4v) is 1.20. The highest BCUT2D eigenvalue weighted by atomic mass is 16.7. The lowest BCUT2D eigenvalue weighted by Crippen LogP contribution is -2.34. The van der Waals surface area contributed by atoms with E-state index in [2.05, 4.69) is 26.1 Å². The van der Waals surface area contributed by atoms with Gasteiger partial charge in [-0.15, -0.1) is 0 Å². The van der Waals surface area contributed by atoms with Gasteiger partial charge in [0.25, 0.3) is 0 Å². The number of hydrogen-bond acceptors (Lipinski definition) is 3. The average molecular weight is 217 g/mol. The zero-order chi connectivity index (χ0) is 11.7. The van der Waals surface area contributed by atoms with Crippen LogP contribution in [-0.2, 0) is 9.47 Å². The van der Waals surface area contributed by atoms with Gasteiger partial charge in [0.05, 0.1) is 0 Å². The van der Waals surface area contributed by atoms with Gasteiger partial charge in [-0.25, -0.2) is 0 Å². The fraction of sp³-hybridized carbons (Fsp3) is 1.00. The van der Waals surface area contributed by atoms with Gasteiger partial charge in [0.2, 0.25) is 0 Å². The van der Waals surface area contributed by atoms with Gasteiger partial charge in [-0.1, -0.05) is 20.8 Å². The van der Waals surface area contributed by atoms with Crippen molar-refractivity contribution in [2.24, 2.45) is 11.8 Å². The Morgan fingerprint density at radius 3 is 1.87 bits per heavy atom. The minimum atomic E-state index is -0.0978. The van der Waals surface area contributed by atoms with Crippen molar-refractivity contribution >= 4 is 0 Å². The second kappa shape index (κ2) is 9.13. The predicted octanol–water partition coefficient (Wildman–Crippen LogP) is 2.27. The molecule has 0 amide bonds. The van der Waals surface area contributed by atoms with E-state index < -0.39 is 0 Å². The first kappa shape index (κ1) is 14.9. The molecule has 1 N–H and O–H groups in total. The summed E-state index contributed by atoms with van der Waals surface area (Å²) in [6, 6.07) is 0. The van der Waals surface area contributed by atoms with Gasteiger partial charge in [-0.05, 0) is 32.2 Å². The molecule has 1 atom stereocenters. The highest BCUT2D eigenvalue weighted by molar-refractivity contribution is 4.61. The molecule has 0 rings (SSSR count). The lowest BCUT2D eigenvalue weighted by Gasteiger charge is -2.20. The molecule has 0 aliphatic heterocycles. The molecule has 0 bridgehead atoms. The van der Waals surface area contributed by atoms with Crippen LogP contribution in [0.25, 0.3) is 0 Å². The summed E-state index contributed by atoms with van der Waals surface area (Å²) in [5.41, 5.74) is 0. The normalized spacial score (nSPS) is 13.8. The maximum atomic E-state index is 5.44. The smallest absolute Gasteiger partial charge is 0.169 e. The number of hydrogen-bond donors (Lipinski definition) is 1. The van der Waals surface area contributed by atoms with Crippen LogP contribution in [0.3, 0.4) is 0 Å². The van der Waals surface area contributed by atoms with E-state index in [4.69, 9.17) is 9.47 Å². The Balaban J connectivity index is 3.60. The largest absolute Gasteiger partial charge is 0.352 e. The molecule has 1 unspecified atom stereocenters. The van der Waals surface area contributed by atoms with Gasteiger partial charge in [-0.2, -0.15) is 0 Å². The highest BCUT2D eigenvalue weighted by Gasteiger charge is 2.10. The lowest BCUT2D eigenvalue weighted by molar-refractivity contribution is -0.133. The second-order valence-corrected chi connectivity index (χ2v) is 4.22. The van der Waals surface area contributed by atoms with Gasteiger partial charge in [0, 0.05) is 19.8 Å². The topological polar surface area (TPSA) is 30.5 Å². The van der Waals surface area contributed by atoms with E-state index in [1.54, 1.807) is 0 Å². The summed E-state index contributed by atoms with van der Waals surface area (Å²) in [5, 5.41) is 3.39. The van der Waals surface area contributed by atoms with Gasteiger partial charge in [-0.3, -0.25) is 0 Å². The van der Waals surface area contributed by atoms with E-state index in [9.17, 15) is 0 Å². The van der Waals surface area contributed by atoms with Crippen molar-refractivity contribution in [3.8, 4) is 0 Å². The van der Waals surface area contributed by atoms with Crippen molar-refractivity contribution in [2.75, 3.05) is 26.3 Å². The van der Waals surface area contributed by atoms with E-state index in [0.717, 1.165) is 19.0 Å². The molecule has 0 aromatic heterocycles. The van der Waals surface area contributed by atoms with Crippen LogP contribution in [0.5, 0.6) is 0 Å². The van der Waals surface area contributed by atoms with E-state index >= 15 is 0 Å². The maximum absolute atomic E-state index is 5.44. The van der Waals surface area contributed by atoms with E-state index in [1.165, 1.54) is 0 Å². The van der Waals surface area contributed by atoms with Gasteiger partial charge < -0.3 is 14.8 Å². The van der Waals surface area contributed by atoms with Crippen molar-refractivity contribution in [3.63, 3.8) is 0 Å². The Morgan fingerprint density at radius 2 is 1.47 bits per heavy atom. The first-order valence-corrected chi connectivity index (χ1v) is 6.05. The van der Waals surface area contributed by atoms with Crippen LogP contribution >= 0.6 is 0 Å². The lowest BCUT2D eigenvalue weighted by atomic mass is 9.98. The Bertz CT molecular complexity index is 134. The third kappa shape index (κ3) is 7.77. The molecule has 15 heavy (non-hydrogen) atoms. The average Bonchev–Trinajstić information content (AvgIpc) is 2.18. The maximum Gasteiger partial charge on any atom is 0.169 e. The van der Waals surface area contributed by atoms with E-state index in [-0.39, 0.29) is 6.29 Å². The van der Waals surface area contributed by atoms with Crippen LogP contribution in [0, 0.1) is 11.8 Å². The Labute approximate surface area is 94.5 Å². The van der Waals surface area contributed by atoms with Crippen molar-refractivity contribution in [1.82, 2.24) is 5.32 Å². The Morgan fingerprint density at radius 1 is 0.933 bits per heavy atom. The molecular weight excluding hydrogens is 190 g/mol. The minimum absolute atomic E-state index is 0.0978. The summed E-state index contributed by atoms with van der Waals surface area (Å²) >= 11 is 0. The van der Waals surface area contributed by atoms with E-state index in [1.807, 2.05) is 13.8 Å². The molecule has 0 radical (unpaired) electrons. The van der Waals surface area contributed by atoms with Crippen LogP contribution in [0.15, 0.2) is 0 Å². The summed E-state index contributed by atoms with van der Waals surface area (Å²) in [7, 11) is 0. The van der Waals surface area contributed by atoms with Crippen molar-refractivity contribution < 1.29 is 9.47 Å². The molecule has 3 heteroatoms. The molecule has 0 aromatic carbocycles. The molecule has 0 heterocycles. The molecule has 0 spiro atoms. The van der Waals surface area contributed by atoms with E-state index in [0.29, 0.717) is 19.1 Å². The van der Waals surface area contributed by atoms with Crippen LogP contribution < -0.4 is 5.32 Å². The standard InChI is InChI=1S/C12H27NO2/c1-6-14-12(15-7-2)9-13-8-11(5)10(3)4/h10-13H,6-9H2,1-5H3. The Hall–Kier alpha value is -0.120. The first-order valence-electron chi connectivity index (χ1n) is 6.05. The third-order valence-corrected chi connectivity index (χ3v) is 2.62. The third-order valence-electron chi connectivity index (χ3n) is 2.62. The number of nitrogens with one attached hydrogen (secondary N) is 1. The van der Waals surface area contributed by atoms with Gasteiger partial charge in [0.1, 0.15) is 0 Å². The molecule has 0 saturated carbocycles. The molecule has 0 aliphatic carbocycles. The molecule has 0 aliphatic rings. The summed E-state index contributed by atoms with van der Waals surface area (Å²) in [4.78, 5) is 0. The zero-order valence-corrected chi connectivity index (χ0v) is 10.9. The van der Waals surface area contributed by atoms with Gasteiger partial charge >= 0.3 is 0 Å². The molecule has 0 aromatic rings. The molecular formula is C12H27NO2. The quantitative estimate of drug-likeness (QED) is 0.601. The Kier molecular flexibility index (Phi) is 9.06. The van der Waals surface area contributed by atoms with Crippen LogP contribution in [-0.4, -0.2) is 32.6 Å². The van der Waals surface area contributed by atoms with Crippen LogP contribution in [0.4, 0.5) is 0 Å². The minimum Gasteiger partial charge on any atom is -0.352 e. The van der Waals surface area contributed by atoms with Gasteiger partial charge in [0.15, 0.2) is 6.29 Å². The van der Waals surface area contributed by atoms with Crippen molar-refractivity contribution in [1.29, 1.82) is 0 Å². The molecule has 0 fully saturated rings. The SMILES string of the molecule is CCOC(CNCC(C)C(C)C)OCC. The zero-order valence-electron chi connectivity index (χ0n) is 10.9. The monoisotopic (exact) mass is 217 g/mol. The molecule has 92 valence electrons. The van der Waals surface area contributed by atoms with Crippen molar-refractivity contribution in [3.05, 3.63) is 0 Å². The van der Waals surface area contributed by atoms with Crippen LogP contribution in [0.1, 0.15) is 34.6 Å². The van der Waals surface area contributed by atoms with Crippen LogP contribution in [0.2, 0.25) is 0 Å². The second-order valence-electron chi connectivity index (χ2n) is 4.22. The fourth-order valence-electron chi connectivity index (χ4n) is 1.20. The summed E-state index contributed by atoms with van der Waals surface area (Å²) in [6.07, 6.45) is -0.0978. The summed E-state index contributed by atoms with van der Waals surface area (Å²) < 4.78 is 10.9. The number of rotatable bonds is 9. The molecule has 3 nitrogen and oxygen atoms in total. The predicted molar refractivity (Wildman–Crippen MR) is 63.9 cm³/mol. The summed E-state index contributed by atoms with van der Waals surface area (Å²) in [5.74, 6) is 1.41.